The average molecular weight is 299 g/mol. The van der Waals surface area contributed by atoms with Gasteiger partial charge in [0.2, 0.25) is 0 Å². The Morgan fingerprint density at radius 1 is 1.33 bits per heavy atom. The molecule has 0 spiro atoms. The van der Waals surface area contributed by atoms with E-state index in [9.17, 15) is 17.2 Å². The van der Waals surface area contributed by atoms with Crippen molar-refractivity contribution in [2.45, 2.75) is 31.1 Å². The highest BCUT2D eigenvalue weighted by molar-refractivity contribution is 8.13. The molecule has 0 aliphatic rings. The molecule has 102 valence electrons. The van der Waals surface area contributed by atoms with E-state index in [4.69, 9.17) is 15.4 Å². The molecule has 0 aromatic heterocycles. The maximum Gasteiger partial charge on any atom is 0.272 e. The van der Waals surface area contributed by atoms with Gasteiger partial charge in [0.15, 0.2) is 0 Å². The van der Waals surface area contributed by atoms with E-state index >= 15 is 0 Å². The van der Waals surface area contributed by atoms with Crippen molar-refractivity contribution in [3.05, 3.63) is 23.8 Å². The molecule has 0 N–H and O–H groups in total. The molecular formula is C11H13ClF2O3S. The summed E-state index contributed by atoms with van der Waals surface area (Å²) in [6, 6.07) is 4.30. The van der Waals surface area contributed by atoms with Gasteiger partial charge < -0.3 is 4.74 Å². The van der Waals surface area contributed by atoms with Crippen LogP contribution in [0.4, 0.5) is 8.78 Å². The molecular weight excluding hydrogens is 286 g/mol. The molecule has 0 heterocycles. The summed E-state index contributed by atoms with van der Waals surface area (Å²) < 4.78 is 51.6. The zero-order chi connectivity index (χ0) is 13.9. The predicted octanol–water partition coefficient (Wildman–Crippen LogP) is 3.38. The third-order valence-electron chi connectivity index (χ3n) is 2.26. The van der Waals surface area contributed by atoms with Gasteiger partial charge in [0.05, 0.1) is 0 Å². The second kappa shape index (κ2) is 5.84. The summed E-state index contributed by atoms with van der Waals surface area (Å²) in [6.45, 7) is 2.87. The van der Waals surface area contributed by atoms with Crippen LogP contribution in [0.25, 0.3) is 0 Å². The van der Waals surface area contributed by atoms with Gasteiger partial charge in [0.1, 0.15) is 17.3 Å². The Bertz CT molecular complexity index is 515. The maximum absolute atomic E-state index is 12.0. The molecule has 0 bridgehead atoms. The number of halogens is 3. The lowest BCUT2D eigenvalue weighted by Gasteiger charge is -2.12. The Labute approximate surface area is 109 Å². The van der Waals surface area contributed by atoms with Crippen LogP contribution in [0.5, 0.6) is 5.75 Å². The van der Waals surface area contributed by atoms with Gasteiger partial charge in [-0.15, -0.1) is 0 Å². The third kappa shape index (κ3) is 4.10. The molecule has 3 nitrogen and oxygen atoms in total. The topological polar surface area (TPSA) is 43.4 Å². The molecule has 1 aromatic rings. The molecule has 0 radical (unpaired) electrons. The molecule has 0 saturated carbocycles. The van der Waals surface area contributed by atoms with Gasteiger partial charge in [-0.1, -0.05) is 19.9 Å². The standard InChI is InChI=1S/C11H13ClF2O3S/c1-7(2)8-3-4-9(17-6-11(13)14)10(5-8)18(12,15)16/h3-5,7,11H,6H2,1-2H3. The van der Waals surface area contributed by atoms with Gasteiger partial charge in [0.25, 0.3) is 15.5 Å². The first-order valence-electron chi connectivity index (χ1n) is 5.21. The van der Waals surface area contributed by atoms with E-state index in [0.29, 0.717) is 0 Å². The molecule has 0 atom stereocenters. The Balaban J connectivity index is 3.18. The second-order valence-electron chi connectivity index (χ2n) is 4.00. The van der Waals surface area contributed by atoms with Crippen molar-refractivity contribution in [2.24, 2.45) is 0 Å². The summed E-state index contributed by atoms with van der Waals surface area (Å²) in [4.78, 5) is -0.281. The minimum Gasteiger partial charge on any atom is -0.486 e. The quantitative estimate of drug-likeness (QED) is 0.783. The molecule has 0 aliphatic heterocycles. The molecule has 1 aromatic carbocycles. The summed E-state index contributed by atoms with van der Waals surface area (Å²) in [5.41, 5.74) is 0.735. The van der Waals surface area contributed by atoms with Crippen LogP contribution in [0.1, 0.15) is 25.3 Å². The highest BCUT2D eigenvalue weighted by Gasteiger charge is 2.19. The summed E-state index contributed by atoms with van der Waals surface area (Å²) in [6.07, 6.45) is -2.68. The Hall–Kier alpha value is -0.880. The molecule has 18 heavy (non-hydrogen) atoms. The average Bonchev–Trinajstić information content (AvgIpc) is 2.24. The third-order valence-corrected chi connectivity index (χ3v) is 3.61. The summed E-state index contributed by atoms with van der Waals surface area (Å²) in [7, 11) is 1.23. The molecule has 1 rings (SSSR count). The fraction of sp³-hybridized carbons (Fsp3) is 0.455. The smallest absolute Gasteiger partial charge is 0.272 e. The van der Waals surface area contributed by atoms with Crippen LogP contribution in [-0.2, 0) is 9.05 Å². The lowest BCUT2D eigenvalue weighted by Crippen LogP contribution is -2.09. The highest BCUT2D eigenvalue weighted by Crippen LogP contribution is 2.30. The van der Waals surface area contributed by atoms with Gasteiger partial charge in [-0.2, -0.15) is 0 Å². The van der Waals surface area contributed by atoms with Crippen LogP contribution in [-0.4, -0.2) is 21.5 Å². The largest absolute Gasteiger partial charge is 0.486 e. The normalized spacial score (nSPS) is 12.2. The number of hydrogen-bond acceptors (Lipinski definition) is 3. The fourth-order valence-corrected chi connectivity index (χ4v) is 2.35. The van der Waals surface area contributed by atoms with Gasteiger partial charge in [0, 0.05) is 10.7 Å². The van der Waals surface area contributed by atoms with Crippen LogP contribution in [0.3, 0.4) is 0 Å². The van der Waals surface area contributed by atoms with Gasteiger partial charge in [-0.25, -0.2) is 17.2 Å². The predicted molar refractivity (Wildman–Crippen MR) is 65.1 cm³/mol. The first kappa shape index (κ1) is 15.2. The molecule has 0 amide bonds. The Kier molecular flexibility index (Phi) is 4.92. The molecule has 0 unspecified atom stereocenters. The summed E-state index contributed by atoms with van der Waals surface area (Å²) >= 11 is 0. The van der Waals surface area contributed by atoms with Crippen molar-refractivity contribution in [2.75, 3.05) is 6.61 Å². The van der Waals surface area contributed by atoms with E-state index in [0.717, 1.165) is 5.56 Å². The van der Waals surface area contributed by atoms with Crippen LogP contribution >= 0.6 is 10.7 Å². The minimum atomic E-state index is -4.04. The number of alkyl halides is 2. The van der Waals surface area contributed by atoms with Crippen molar-refractivity contribution >= 4 is 19.7 Å². The van der Waals surface area contributed by atoms with E-state index in [2.05, 4.69) is 0 Å². The van der Waals surface area contributed by atoms with Crippen molar-refractivity contribution in [1.82, 2.24) is 0 Å². The lowest BCUT2D eigenvalue weighted by atomic mass is 10.0. The van der Waals surface area contributed by atoms with E-state index in [1.54, 1.807) is 6.07 Å². The van der Waals surface area contributed by atoms with Crippen molar-refractivity contribution in [3.8, 4) is 5.75 Å². The van der Waals surface area contributed by atoms with E-state index in [1.807, 2.05) is 13.8 Å². The summed E-state index contributed by atoms with van der Waals surface area (Å²) in [5.74, 6) is -0.0685. The SMILES string of the molecule is CC(C)c1ccc(OCC(F)F)c(S(=O)(=O)Cl)c1. The second-order valence-corrected chi connectivity index (χ2v) is 6.54. The van der Waals surface area contributed by atoms with Crippen LogP contribution in [0, 0.1) is 0 Å². The zero-order valence-corrected chi connectivity index (χ0v) is 11.4. The fourth-order valence-electron chi connectivity index (χ4n) is 1.35. The highest BCUT2D eigenvalue weighted by atomic mass is 35.7. The van der Waals surface area contributed by atoms with Crippen molar-refractivity contribution < 1.29 is 21.9 Å². The maximum atomic E-state index is 12.0. The molecule has 0 fully saturated rings. The lowest BCUT2D eigenvalue weighted by molar-refractivity contribution is 0.0804. The number of ether oxygens (including phenoxy) is 1. The van der Waals surface area contributed by atoms with Crippen LogP contribution in [0.15, 0.2) is 23.1 Å². The Morgan fingerprint density at radius 3 is 2.39 bits per heavy atom. The van der Waals surface area contributed by atoms with E-state index in [1.165, 1.54) is 12.1 Å². The van der Waals surface area contributed by atoms with Gasteiger partial charge in [-0.05, 0) is 23.6 Å². The number of hydrogen-bond donors (Lipinski definition) is 0. The molecule has 7 heteroatoms. The van der Waals surface area contributed by atoms with Crippen molar-refractivity contribution in [3.63, 3.8) is 0 Å². The number of rotatable bonds is 5. The molecule has 0 saturated heterocycles. The number of benzene rings is 1. The van der Waals surface area contributed by atoms with Crippen LogP contribution < -0.4 is 4.74 Å². The monoisotopic (exact) mass is 298 g/mol. The summed E-state index contributed by atoms with van der Waals surface area (Å²) in [5, 5.41) is 0. The van der Waals surface area contributed by atoms with Gasteiger partial charge in [-0.3, -0.25) is 0 Å². The zero-order valence-electron chi connectivity index (χ0n) is 9.86. The minimum absolute atomic E-state index is 0.0892. The van der Waals surface area contributed by atoms with E-state index < -0.39 is 22.1 Å². The van der Waals surface area contributed by atoms with Crippen LogP contribution in [0.2, 0.25) is 0 Å². The first-order chi connectivity index (χ1) is 8.21. The first-order valence-corrected chi connectivity index (χ1v) is 7.52. The molecule has 0 aliphatic carbocycles. The van der Waals surface area contributed by atoms with E-state index in [-0.39, 0.29) is 16.6 Å². The van der Waals surface area contributed by atoms with Crippen molar-refractivity contribution in [1.29, 1.82) is 0 Å². The van der Waals surface area contributed by atoms with Gasteiger partial charge >= 0.3 is 0 Å². The Morgan fingerprint density at radius 2 is 1.94 bits per heavy atom.